The van der Waals surface area contributed by atoms with Gasteiger partial charge >= 0.3 is 0 Å². The Balaban J connectivity index is 0. The number of aliphatic imine (C=N–C) groups is 1. The summed E-state index contributed by atoms with van der Waals surface area (Å²) in [6.45, 7) is 13.0. The molecule has 0 bridgehead atoms. The number of hydrogen-bond acceptors (Lipinski definition) is 3. The van der Waals surface area contributed by atoms with Crippen LogP contribution in [0.2, 0.25) is 0 Å². The van der Waals surface area contributed by atoms with Crippen LogP contribution in [0.3, 0.4) is 0 Å². The van der Waals surface area contributed by atoms with Crippen LogP contribution in [0, 0.1) is 5.92 Å². The summed E-state index contributed by atoms with van der Waals surface area (Å²) in [5.74, 6) is 1.62. The zero-order valence-electron chi connectivity index (χ0n) is 16.0. The minimum absolute atomic E-state index is 0. The second kappa shape index (κ2) is 16.8. The highest BCUT2D eigenvalue weighted by atomic mass is 127. The van der Waals surface area contributed by atoms with E-state index < -0.39 is 0 Å². The van der Waals surface area contributed by atoms with E-state index in [1.54, 1.807) is 0 Å². The third-order valence-electron chi connectivity index (χ3n) is 3.49. The van der Waals surface area contributed by atoms with Crippen molar-refractivity contribution in [2.24, 2.45) is 10.9 Å². The smallest absolute Gasteiger partial charge is 0.191 e. The fourth-order valence-corrected chi connectivity index (χ4v) is 2.21. The predicted molar refractivity (Wildman–Crippen MR) is 112 cm³/mol. The first-order valence-corrected chi connectivity index (χ1v) is 8.77. The van der Waals surface area contributed by atoms with E-state index in [4.69, 9.17) is 9.73 Å². The van der Waals surface area contributed by atoms with Crippen molar-refractivity contribution < 1.29 is 4.74 Å². The van der Waals surface area contributed by atoms with Gasteiger partial charge < -0.3 is 20.3 Å². The molecule has 0 spiro atoms. The summed E-state index contributed by atoms with van der Waals surface area (Å²) in [7, 11) is 4.27. The number of unbranched alkanes of at least 4 members (excludes halogenated alkanes) is 1. The highest BCUT2D eigenvalue weighted by Gasteiger charge is 2.13. The standard InChI is InChI=1S/C17H38N4O.HI/c1-7-18-17(19-11-9-10-12-22-8-2)20-14-16(21(5)6)13-15(3)4;/h15-16H,7-14H2,1-6H3,(H2,18,19,20);1H. The fourth-order valence-electron chi connectivity index (χ4n) is 2.21. The third kappa shape index (κ3) is 15.2. The van der Waals surface area contributed by atoms with Crippen LogP contribution in [0.4, 0.5) is 0 Å². The molecule has 140 valence electrons. The molecule has 0 rings (SSSR count). The number of likely N-dealkylation sites (N-methyl/N-ethyl adjacent to an activating group) is 1. The van der Waals surface area contributed by atoms with Gasteiger partial charge in [0.15, 0.2) is 5.96 Å². The molecule has 0 fully saturated rings. The molecule has 0 heterocycles. The van der Waals surface area contributed by atoms with Crippen molar-refractivity contribution in [2.75, 3.05) is 46.9 Å². The lowest BCUT2D eigenvalue weighted by atomic mass is 10.0. The van der Waals surface area contributed by atoms with Crippen LogP contribution in [0.1, 0.15) is 47.0 Å². The Bertz CT molecular complexity index is 286. The number of rotatable bonds is 12. The van der Waals surface area contributed by atoms with Crippen LogP contribution >= 0.6 is 24.0 Å². The Morgan fingerprint density at radius 1 is 1.13 bits per heavy atom. The normalized spacial score (nSPS) is 13.1. The van der Waals surface area contributed by atoms with Gasteiger partial charge in [-0.3, -0.25) is 4.99 Å². The average molecular weight is 442 g/mol. The maximum Gasteiger partial charge on any atom is 0.191 e. The summed E-state index contributed by atoms with van der Waals surface area (Å²) in [5.41, 5.74) is 0. The Morgan fingerprint density at radius 2 is 1.83 bits per heavy atom. The van der Waals surface area contributed by atoms with Gasteiger partial charge in [0.1, 0.15) is 0 Å². The SMILES string of the molecule is CCNC(=NCC(CC(C)C)N(C)C)NCCCCOCC.I. The molecule has 0 aliphatic carbocycles. The lowest BCUT2D eigenvalue weighted by Crippen LogP contribution is -2.40. The van der Waals surface area contributed by atoms with Crippen LogP contribution < -0.4 is 10.6 Å². The van der Waals surface area contributed by atoms with Crippen LogP contribution in [0.15, 0.2) is 4.99 Å². The van der Waals surface area contributed by atoms with Crippen LogP contribution in [0.25, 0.3) is 0 Å². The van der Waals surface area contributed by atoms with Gasteiger partial charge in [-0.2, -0.15) is 0 Å². The Morgan fingerprint density at radius 3 is 2.35 bits per heavy atom. The maximum absolute atomic E-state index is 5.35. The second-order valence-electron chi connectivity index (χ2n) is 6.30. The van der Waals surface area contributed by atoms with Gasteiger partial charge in [0.05, 0.1) is 6.54 Å². The molecule has 0 aromatic heterocycles. The summed E-state index contributed by atoms with van der Waals surface area (Å²) in [5, 5.41) is 6.73. The van der Waals surface area contributed by atoms with Crippen LogP contribution in [-0.4, -0.2) is 63.8 Å². The van der Waals surface area contributed by atoms with Crippen LogP contribution in [-0.2, 0) is 4.74 Å². The molecule has 0 aliphatic rings. The lowest BCUT2D eigenvalue weighted by molar-refractivity contribution is 0.143. The van der Waals surface area contributed by atoms with Crippen molar-refractivity contribution in [3.8, 4) is 0 Å². The zero-order valence-corrected chi connectivity index (χ0v) is 18.4. The first-order valence-electron chi connectivity index (χ1n) is 8.77. The van der Waals surface area contributed by atoms with E-state index in [1.165, 1.54) is 6.42 Å². The van der Waals surface area contributed by atoms with Crippen molar-refractivity contribution in [3.63, 3.8) is 0 Å². The molecule has 1 unspecified atom stereocenters. The highest BCUT2D eigenvalue weighted by molar-refractivity contribution is 14.0. The first kappa shape index (κ1) is 25.2. The number of halogens is 1. The number of hydrogen-bond donors (Lipinski definition) is 2. The van der Waals surface area contributed by atoms with E-state index in [1.807, 2.05) is 6.92 Å². The van der Waals surface area contributed by atoms with Gasteiger partial charge in [-0.1, -0.05) is 13.8 Å². The zero-order chi connectivity index (χ0) is 16.8. The molecule has 0 saturated carbocycles. The van der Waals surface area contributed by atoms with E-state index in [-0.39, 0.29) is 24.0 Å². The van der Waals surface area contributed by atoms with E-state index in [2.05, 4.69) is 50.4 Å². The molecule has 5 nitrogen and oxygen atoms in total. The third-order valence-corrected chi connectivity index (χ3v) is 3.49. The number of nitrogens with one attached hydrogen (secondary N) is 2. The molecule has 0 aliphatic heterocycles. The molecule has 23 heavy (non-hydrogen) atoms. The van der Waals surface area contributed by atoms with Gasteiger partial charge in [-0.05, 0) is 53.1 Å². The Hall–Kier alpha value is -0.0800. The predicted octanol–water partition coefficient (Wildman–Crippen LogP) is 2.95. The van der Waals surface area contributed by atoms with Crippen molar-refractivity contribution in [1.82, 2.24) is 15.5 Å². The summed E-state index contributed by atoms with van der Waals surface area (Å²) in [6.07, 6.45) is 3.37. The molecule has 0 amide bonds. The Labute approximate surface area is 161 Å². The van der Waals surface area contributed by atoms with E-state index in [9.17, 15) is 0 Å². The number of ether oxygens (including phenoxy) is 1. The lowest BCUT2D eigenvalue weighted by Gasteiger charge is -2.24. The van der Waals surface area contributed by atoms with Gasteiger partial charge in [0.25, 0.3) is 0 Å². The van der Waals surface area contributed by atoms with Gasteiger partial charge in [0.2, 0.25) is 0 Å². The monoisotopic (exact) mass is 442 g/mol. The molecular formula is C17H39IN4O. The van der Waals surface area contributed by atoms with Gasteiger partial charge in [-0.25, -0.2) is 0 Å². The van der Waals surface area contributed by atoms with Gasteiger partial charge in [-0.15, -0.1) is 24.0 Å². The summed E-state index contributed by atoms with van der Waals surface area (Å²) in [6, 6.07) is 0.494. The molecule has 0 aromatic carbocycles. The summed E-state index contributed by atoms with van der Waals surface area (Å²) >= 11 is 0. The minimum atomic E-state index is 0. The molecule has 1 atom stereocenters. The molecule has 0 aromatic rings. The quantitative estimate of drug-likeness (QED) is 0.211. The first-order chi connectivity index (χ1) is 10.5. The average Bonchev–Trinajstić information content (AvgIpc) is 2.46. The fraction of sp³-hybridized carbons (Fsp3) is 0.941. The molecule has 0 radical (unpaired) electrons. The molecule has 0 saturated heterocycles. The van der Waals surface area contributed by atoms with E-state index in [0.717, 1.165) is 51.6 Å². The minimum Gasteiger partial charge on any atom is -0.382 e. The summed E-state index contributed by atoms with van der Waals surface area (Å²) in [4.78, 5) is 7.02. The number of nitrogens with zero attached hydrogens (tertiary/aromatic N) is 2. The maximum atomic E-state index is 5.35. The molecule has 2 N–H and O–H groups in total. The Kier molecular flexibility index (Phi) is 18.3. The molecule has 6 heteroatoms. The second-order valence-corrected chi connectivity index (χ2v) is 6.30. The van der Waals surface area contributed by atoms with Crippen molar-refractivity contribution in [2.45, 2.75) is 53.0 Å². The number of guanidine groups is 1. The van der Waals surface area contributed by atoms with E-state index in [0.29, 0.717) is 12.0 Å². The van der Waals surface area contributed by atoms with Crippen molar-refractivity contribution in [1.29, 1.82) is 0 Å². The van der Waals surface area contributed by atoms with Crippen molar-refractivity contribution in [3.05, 3.63) is 0 Å². The highest BCUT2D eigenvalue weighted by Crippen LogP contribution is 2.09. The van der Waals surface area contributed by atoms with E-state index >= 15 is 0 Å². The van der Waals surface area contributed by atoms with Gasteiger partial charge in [0, 0.05) is 32.3 Å². The topological polar surface area (TPSA) is 48.9 Å². The summed E-state index contributed by atoms with van der Waals surface area (Å²) < 4.78 is 5.35. The molecular weight excluding hydrogens is 403 g/mol. The van der Waals surface area contributed by atoms with Crippen molar-refractivity contribution >= 4 is 29.9 Å². The largest absolute Gasteiger partial charge is 0.382 e. The van der Waals surface area contributed by atoms with Crippen LogP contribution in [0.5, 0.6) is 0 Å².